The lowest BCUT2D eigenvalue weighted by molar-refractivity contribution is 0.409. The third kappa shape index (κ3) is 2.12. The van der Waals surface area contributed by atoms with Crippen molar-refractivity contribution in [2.75, 3.05) is 12.8 Å². The third-order valence-electron chi connectivity index (χ3n) is 3.18. The van der Waals surface area contributed by atoms with Crippen LogP contribution in [0.15, 0.2) is 48.8 Å². The number of benzene rings is 2. The smallest absolute Gasteiger partial charge is 0.125 e. The zero-order chi connectivity index (χ0) is 13.2. The van der Waals surface area contributed by atoms with Crippen molar-refractivity contribution in [1.29, 1.82) is 0 Å². The summed E-state index contributed by atoms with van der Waals surface area (Å²) in [4.78, 5) is 4.39. The summed E-state index contributed by atoms with van der Waals surface area (Å²) in [6.07, 6.45) is 1.85. The Kier molecular flexibility index (Phi) is 2.83. The second-order valence-electron chi connectivity index (χ2n) is 4.43. The molecule has 96 valence electrons. The van der Waals surface area contributed by atoms with Crippen molar-refractivity contribution in [3.05, 3.63) is 54.4 Å². The molecule has 1 aromatic heterocycles. The number of fused-ring (bicyclic) bond motifs is 1. The lowest BCUT2D eigenvalue weighted by Crippen LogP contribution is -2.01. The minimum atomic E-state index is 0.705. The molecule has 0 spiro atoms. The van der Waals surface area contributed by atoms with E-state index < -0.39 is 0 Å². The van der Waals surface area contributed by atoms with Crippen molar-refractivity contribution in [2.45, 2.75) is 6.54 Å². The van der Waals surface area contributed by atoms with Gasteiger partial charge >= 0.3 is 0 Å². The lowest BCUT2D eigenvalue weighted by atomic mass is 10.1. The first kappa shape index (κ1) is 11.6. The standard InChI is InChI=1S/C15H15N3O/c1-19-15-8-12(16)7-6-11(15)9-18-10-17-13-4-2-3-5-14(13)18/h2-8,10H,9,16H2,1H3. The molecule has 2 N–H and O–H groups in total. The van der Waals surface area contributed by atoms with Gasteiger partial charge in [0, 0.05) is 17.3 Å². The van der Waals surface area contributed by atoms with Crippen LogP contribution in [0.5, 0.6) is 5.75 Å². The Morgan fingerprint density at radius 2 is 2.05 bits per heavy atom. The maximum atomic E-state index is 5.77. The maximum absolute atomic E-state index is 5.77. The number of nitrogens with zero attached hydrogens (tertiary/aromatic N) is 2. The highest BCUT2D eigenvalue weighted by atomic mass is 16.5. The van der Waals surface area contributed by atoms with Crippen molar-refractivity contribution in [1.82, 2.24) is 9.55 Å². The van der Waals surface area contributed by atoms with Crippen molar-refractivity contribution in [3.63, 3.8) is 0 Å². The maximum Gasteiger partial charge on any atom is 0.125 e. The summed E-state index contributed by atoms with van der Waals surface area (Å²) in [6.45, 7) is 0.712. The van der Waals surface area contributed by atoms with Gasteiger partial charge in [0.2, 0.25) is 0 Å². The minimum Gasteiger partial charge on any atom is -0.496 e. The summed E-state index contributed by atoms with van der Waals surface area (Å²) in [5, 5.41) is 0. The van der Waals surface area contributed by atoms with E-state index in [9.17, 15) is 0 Å². The molecule has 19 heavy (non-hydrogen) atoms. The zero-order valence-corrected chi connectivity index (χ0v) is 10.7. The highest BCUT2D eigenvalue weighted by Crippen LogP contribution is 2.23. The topological polar surface area (TPSA) is 53.1 Å². The van der Waals surface area contributed by atoms with Crippen molar-refractivity contribution >= 4 is 16.7 Å². The number of hydrogen-bond acceptors (Lipinski definition) is 3. The summed E-state index contributed by atoms with van der Waals surface area (Å²) >= 11 is 0. The Morgan fingerprint density at radius 3 is 2.89 bits per heavy atom. The molecule has 0 atom stereocenters. The number of nitrogen functional groups attached to an aromatic ring is 1. The number of rotatable bonds is 3. The third-order valence-corrected chi connectivity index (χ3v) is 3.18. The fraction of sp³-hybridized carbons (Fsp3) is 0.133. The van der Waals surface area contributed by atoms with Crippen LogP contribution >= 0.6 is 0 Å². The van der Waals surface area contributed by atoms with Crippen LogP contribution in [0, 0.1) is 0 Å². The largest absolute Gasteiger partial charge is 0.496 e. The summed E-state index contributed by atoms with van der Waals surface area (Å²) < 4.78 is 7.47. The van der Waals surface area contributed by atoms with E-state index in [0.29, 0.717) is 12.2 Å². The van der Waals surface area contributed by atoms with Crippen molar-refractivity contribution in [2.24, 2.45) is 0 Å². The molecule has 0 aliphatic heterocycles. The van der Waals surface area contributed by atoms with Gasteiger partial charge in [-0.1, -0.05) is 18.2 Å². The first-order valence-electron chi connectivity index (χ1n) is 6.10. The van der Waals surface area contributed by atoms with Crippen LogP contribution in [0.25, 0.3) is 11.0 Å². The van der Waals surface area contributed by atoms with Gasteiger partial charge < -0.3 is 15.0 Å². The van der Waals surface area contributed by atoms with Gasteiger partial charge in [-0.25, -0.2) is 4.98 Å². The zero-order valence-electron chi connectivity index (χ0n) is 10.7. The molecule has 1 heterocycles. The highest BCUT2D eigenvalue weighted by molar-refractivity contribution is 5.75. The van der Waals surface area contributed by atoms with Gasteiger partial charge in [0.15, 0.2) is 0 Å². The second-order valence-corrected chi connectivity index (χ2v) is 4.43. The summed E-state index contributed by atoms with van der Waals surface area (Å²) in [5.41, 5.74) is 9.67. The lowest BCUT2D eigenvalue weighted by Gasteiger charge is -2.10. The Labute approximate surface area is 111 Å². The monoisotopic (exact) mass is 253 g/mol. The van der Waals surface area contributed by atoms with Crippen LogP contribution in [0.2, 0.25) is 0 Å². The Bertz CT molecular complexity index is 718. The van der Waals surface area contributed by atoms with E-state index in [-0.39, 0.29) is 0 Å². The van der Waals surface area contributed by atoms with Gasteiger partial charge in [0.25, 0.3) is 0 Å². The van der Waals surface area contributed by atoms with Crippen LogP contribution in [0.1, 0.15) is 5.56 Å². The first-order chi connectivity index (χ1) is 9.28. The number of aromatic nitrogens is 2. The Hall–Kier alpha value is -2.49. The molecule has 0 amide bonds. The highest BCUT2D eigenvalue weighted by Gasteiger charge is 2.07. The van der Waals surface area contributed by atoms with E-state index in [2.05, 4.69) is 15.6 Å². The molecule has 0 unspecified atom stereocenters. The number of nitrogens with two attached hydrogens (primary N) is 1. The summed E-state index contributed by atoms with van der Waals surface area (Å²) in [6, 6.07) is 13.8. The summed E-state index contributed by atoms with van der Waals surface area (Å²) in [5.74, 6) is 0.804. The fourth-order valence-electron chi connectivity index (χ4n) is 2.21. The molecule has 0 saturated carbocycles. The molecule has 0 bridgehead atoms. The average Bonchev–Trinajstić information content (AvgIpc) is 2.84. The quantitative estimate of drug-likeness (QED) is 0.730. The van der Waals surface area contributed by atoms with Gasteiger partial charge in [-0.2, -0.15) is 0 Å². The van der Waals surface area contributed by atoms with Gasteiger partial charge in [0.1, 0.15) is 5.75 Å². The predicted octanol–water partition coefficient (Wildman–Crippen LogP) is 2.68. The van der Waals surface area contributed by atoms with Gasteiger partial charge in [-0.3, -0.25) is 0 Å². The van der Waals surface area contributed by atoms with E-state index in [4.69, 9.17) is 10.5 Å². The van der Waals surface area contributed by atoms with Crippen molar-refractivity contribution in [3.8, 4) is 5.75 Å². The molecule has 4 nitrogen and oxygen atoms in total. The minimum absolute atomic E-state index is 0.705. The van der Waals surface area contributed by atoms with Gasteiger partial charge in [-0.15, -0.1) is 0 Å². The van der Waals surface area contributed by atoms with E-state index in [1.165, 1.54) is 0 Å². The van der Waals surface area contributed by atoms with E-state index in [1.807, 2.05) is 42.7 Å². The van der Waals surface area contributed by atoms with E-state index in [0.717, 1.165) is 22.3 Å². The molecule has 4 heteroatoms. The van der Waals surface area contributed by atoms with Crippen LogP contribution in [-0.2, 0) is 6.54 Å². The van der Waals surface area contributed by atoms with E-state index >= 15 is 0 Å². The first-order valence-corrected chi connectivity index (χ1v) is 6.10. The molecule has 3 rings (SSSR count). The molecular weight excluding hydrogens is 238 g/mol. The number of hydrogen-bond donors (Lipinski definition) is 1. The average molecular weight is 253 g/mol. The van der Waals surface area contributed by atoms with Crippen LogP contribution < -0.4 is 10.5 Å². The van der Waals surface area contributed by atoms with E-state index in [1.54, 1.807) is 7.11 Å². The van der Waals surface area contributed by atoms with Gasteiger partial charge in [0.05, 0.1) is 31.0 Å². The number of imidazole rings is 1. The van der Waals surface area contributed by atoms with Crippen LogP contribution in [0.3, 0.4) is 0 Å². The Morgan fingerprint density at radius 1 is 1.21 bits per heavy atom. The van der Waals surface area contributed by atoms with Crippen LogP contribution in [-0.4, -0.2) is 16.7 Å². The SMILES string of the molecule is COc1cc(N)ccc1Cn1cnc2ccccc21. The molecular formula is C15H15N3O. The van der Waals surface area contributed by atoms with Crippen LogP contribution in [0.4, 0.5) is 5.69 Å². The fourth-order valence-corrected chi connectivity index (χ4v) is 2.21. The number of methoxy groups -OCH3 is 1. The number of anilines is 1. The molecule has 3 aromatic rings. The normalized spacial score (nSPS) is 10.8. The van der Waals surface area contributed by atoms with Gasteiger partial charge in [-0.05, 0) is 18.2 Å². The number of para-hydroxylation sites is 2. The van der Waals surface area contributed by atoms with Crippen molar-refractivity contribution < 1.29 is 4.74 Å². The number of ether oxygens (including phenoxy) is 1. The second kappa shape index (κ2) is 4.65. The summed E-state index contributed by atoms with van der Waals surface area (Å²) in [7, 11) is 1.66. The molecule has 0 fully saturated rings. The Balaban J connectivity index is 2.01. The predicted molar refractivity (Wildman–Crippen MR) is 76.2 cm³/mol. The molecule has 0 radical (unpaired) electrons. The molecule has 0 aliphatic rings. The molecule has 2 aromatic carbocycles. The molecule has 0 saturated heterocycles. The molecule has 0 aliphatic carbocycles.